The summed E-state index contributed by atoms with van der Waals surface area (Å²) < 4.78 is 9.55. The van der Waals surface area contributed by atoms with Gasteiger partial charge in [-0.05, 0) is 29.2 Å². The molecule has 1 atom stereocenters. The summed E-state index contributed by atoms with van der Waals surface area (Å²) >= 11 is 0. The van der Waals surface area contributed by atoms with Crippen molar-refractivity contribution in [2.75, 3.05) is 14.2 Å². The molecule has 2 rings (SSSR count). The standard InChI is InChI=1S/C15H16O4/c1-4-9-6-5-7-10-11(9)8-12(14(16)18-2)13(10)15(17)19-3/h5-8,13H,4H2,1-3H3. The minimum absolute atomic E-state index is 0.338. The summed E-state index contributed by atoms with van der Waals surface area (Å²) in [6.45, 7) is 2.03. The molecule has 19 heavy (non-hydrogen) atoms. The number of benzene rings is 1. The van der Waals surface area contributed by atoms with Crippen molar-refractivity contribution in [3.63, 3.8) is 0 Å². The van der Waals surface area contributed by atoms with E-state index in [-0.39, 0.29) is 0 Å². The topological polar surface area (TPSA) is 52.6 Å². The SMILES string of the molecule is CCc1cccc2c1C=C(C(=O)OC)C2C(=O)OC. The summed E-state index contributed by atoms with van der Waals surface area (Å²) in [6, 6.07) is 5.73. The minimum atomic E-state index is -0.682. The molecular formula is C15H16O4. The van der Waals surface area contributed by atoms with Gasteiger partial charge in [0.15, 0.2) is 0 Å². The smallest absolute Gasteiger partial charge is 0.334 e. The number of hydrogen-bond acceptors (Lipinski definition) is 4. The second-order valence-corrected chi connectivity index (χ2v) is 4.32. The van der Waals surface area contributed by atoms with Crippen LogP contribution in [0.15, 0.2) is 23.8 Å². The van der Waals surface area contributed by atoms with Gasteiger partial charge in [0.2, 0.25) is 0 Å². The molecule has 4 heteroatoms. The van der Waals surface area contributed by atoms with E-state index in [1.54, 1.807) is 6.08 Å². The first-order valence-electron chi connectivity index (χ1n) is 6.13. The Morgan fingerprint density at radius 2 is 1.95 bits per heavy atom. The predicted molar refractivity (Wildman–Crippen MR) is 70.6 cm³/mol. The van der Waals surface area contributed by atoms with Crippen LogP contribution in [0.1, 0.15) is 29.5 Å². The second-order valence-electron chi connectivity index (χ2n) is 4.32. The van der Waals surface area contributed by atoms with Crippen LogP contribution in [-0.4, -0.2) is 26.2 Å². The van der Waals surface area contributed by atoms with Gasteiger partial charge >= 0.3 is 11.9 Å². The molecule has 0 fully saturated rings. The van der Waals surface area contributed by atoms with E-state index < -0.39 is 17.9 Å². The van der Waals surface area contributed by atoms with Crippen molar-refractivity contribution in [2.24, 2.45) is 0 Å². The highest BCUT2D eigenvalue weighted by Crippen LogP contribution is 2.39. The van der Waals surface area contributed by atoms with Gasteiger partial charge in [-0.15, -0.1) is 0 Å². The molecule has 0 bridgehead atoms. The van der Waals surface area contributed by atoms with E-state index in [9.17, 15) is 9.59 Å². The molecule has 1 aliphatic carbocycles. The molecule has 1 aromatic rings. The van der Waals surface area contributed by atoms with Crippen molar-refractivity contribution in [1.82, 2.24) is 0 Å². The molecule has 100 valence electrons. The van der Waals surface area contributed by atoms with Crippen LogP contribution in [-0.2, 0) is 25.5 Å². The lowest BCUT2D eigenvalue weighted by molar-refractivity contribution is -0.144. The molecule has 0 spiro atoms. The van der Waals surface area contributed by atoms with Gasteiger partial charge in [-0.2, -0.15) is 0 Å². The Kier molecular flexibility index (Phi) is 3.69. The van der Waals surface area contributed by atoms with Gasteiger partial charge < -0.3 is 9.47 Å². The number of aryl methyl sites for hydroxylation is 1. The lowest BCUT2D eigenvalue weighted by Crippen LogP contribution is -2.19. The first kappa shape index (κ1) is 13.3. The van der Waals surface area contributed by atoms with E-state index in [4.69, 9.17) is 9.47 Å². The molecule has 0 heterocycles. The van der Waals surface area contributed by atoms with Gasteiger partial charge in [-0.3, -0.25) is 4.79 Å². The molecule has 1 aliphatic rings. The predicted octanol–water partition coefficient (Wildman–Crippen LogP) is 2.08. The molecular weight excluding hydrogens is 244 g/mol. The fourth-order valence-corrected chi connectivity index (χ4v) is 2.44. The summed E-state index contributed by atoms with van der Waals surface area (Å²) in [5, 5.41) is 0. The Morgan fingerprint density at radius 1 is 1.21 bits per heavy atom. The van der Waals surface area contributed by atoms with Crippen molar-refractivity contribution < 1.29 is 19.1 Å². The highest BCUT2D eigenvalue weighted by Gasteiger charge is 2.37. The molecule has 0 saturated heterocycles. The lowest BCUT2D eigenvalue weighted by Gasteiger charge is -2.13. The van der Waals surface area contributed by atoms with Gasteiger partial charge in [-0.25, -0.2) is 4.79 Å². The van der Waals surface area contributed by atoms with Crippen LogP contribution in [0.4, 0.5) is 0 Å². The third-order valence-electron chi connectivity index (χ3n) is 3.39. The van der Waals surface area contributed by atoms with Gasteiger partial charge in [0.1, 0.15) is 5.92 Å². The molecule has 0 aromatic heterocycles. The number of esters is 2. The highest BCUT2D eigenvalue weighted by molar-refractivity contribution is 6.06. The van der Waals surface area contributed by atoms with E-state index >= 15 is 0 Å². The van der Waals surface area contributed by atoms with Crippen LogP contribution in [0.2, 0.25) is 0 Å². The van der Waals surface area contributed by atoms with Gasteiger partial charge in [0, 0.05) is 0 Å². The Bertz CT molecular complexity index is 557. The average Bonchev–Trinajstić information content (AvgIpc) is 2.84. The summed E-state index contributed by atoms with van der Waals surface area (Å²) in [4.78, 5) is 23.8. The van der Waals surface area contributed by atoms with Crippen LogP contribution >= 0.6 is 0 Å². The first-order chi connectivity index (χ1) is 9.13. The van der Waals surface area contributed by atoms with Gasteiger partial charge in [0.25, 0.3) is 0 Å². The number of ether oxygens (including phenoxy) is 2. The van der Waals surface area contributed by atoms with E-state index in [1.807, 2.05) is 25.1 Å². The van der Waals surface area contributed by atoms with Gasteiger partial charge in [-0.1, -0.05) is 25.1 Å². The number of rotatable bonds is 3. The zero-order valence-electron chi connectivity index (χ0n) is 11.2. The molecule has 1 unspecified atom stereocenters. The maximum atomic E-state index is 11.9. The molecule has 0 amide bonds. The van der Waals surface area contributed by atoms with Crippen LogP contribution in [0.25, 0.3) is 6.08 Å². The quantitative estimate of drug-likeness (QED) is 0.781. The van der Waals surface area contributed by atoms with Crippen LogP contribution < -0.4 is 0 Å². The Hall–Kier alpha value is -2.10. The van der Waals surface area contributed by atoms with E-state index in [1.165, 1.54) is 14.2 Å². The monoisotopic (exact) mass is 260 g/mol. The average molecular weight is 260 g/mol. The van der Waals surface area contributed by atoms with Crippen LogP contribution in [0.3, 0.4) is 0 Å². The number of carbonyl (C=O) groups is 2. The highest BCUT2D eigenvalue weighted by atomic mass is 16.5. The van der Waals surface area contributed by atoms with Crippen molar-refractivity contribution >= 4 is 18.0 Å². The first-order valence-corrected chi connectivity index (χ1v) is 6.13. The fraction of sp³-hybridized carbons (Fsp3) is 0.333. The van der Waals surface area contributed by atoms with Crippen molar-refractivity contribution in [3.8, 4) is 0 Å². The third kappa shape index (κ3) is 2.14. The minimum Gasteiger partial charge on any atom is -0.468 e. The molecule has 0 N–H and O–H groups in total. The molecule has 4 nitrogen and oxygen atoms in total. The van der Waals surface area contributed by atoms with Crippen LogP contribution in [0, 0.1) is 0 Å². The number of fused-ring (bicyclic) bond motifs is 1. The molecule has 1 aromatic carbocycles. The maximum absolute atomic E-state index is 11.9. The normalized spacial score (nSPS) is 16.6. The van der Waals surface area contributed by atoms with E-state index in [0.717, 1.165) is 23.1 Å². The summed E-state index contributed by atoms with van der Waals surface area (Å²) in [7, 11) is 2.63. The second kappa shape index (κ2) is 5.26. The maximum Gasteiger partial charge on any atom is 0.334 e. The van der Waals surface area contributed by atoms with Crippen molar-refractivity contribution in [3.05, 3.63) is 40.5 Å². The van der Waals surface area contributed by atoms with E-state index in [0.29, 0.717) is 5.57 Å². The number of carbonyl (C=O) groups excluding carboxylic acids is 2. The largest absolute Gasteiger partial charge is 0.468 e. The zero-order valence-corrected chi connectivity index (χ0v) is 11.2. The summed E-state index contributed by atoms with van der Waals surface area (Å²) in [5.41, 5.74) is 3.18. The zero-order chi connectivity index (χ0) is 14.0. The van der Waals surface area contributed by atoms with E-state index in [2.05, 4.69) is 0 Å². The fourth-order valence-electron chi connectivity index (χ4n) is 2.44. The Morgan fingerprint density at radius 3 is 2.53 bits per heavy atom. The number of methoxy groups -OCH3 is 2. The van der Waals surface area contributed by atoms with Crippen molar-refractivity contribution in [2.45, 2.75) is 19.3 Å². The van der Waals surface area contributed by atoms with Gasteiger partial charge in [0.05, 0.1) is 19.8 Å². The van der Waals surface area contributed by atoms with Crippen molar-refractivity contribution in [1.29, 1.82) is 0 Å². The van der Waals surface area contributed by atoms with Crippen LogP contribution in [0.5, 0.6) is 0 Å². The Balaban J connectivity index is 2.57. The number of hydrogen-bond donors (Lipinski definition) is 0. The summed E-state index contributed by atoms with van der Waals surface area (Å²) in [6.07, 6.45) is 2.57. The molecule has 0 aliphatic heterocycles. The molecule has 0 radical (unpaired) electrons. The third-order valence-corrected chi connectivity index (χ3v) is 3.39. The Labute approximate surface area is 112 Å². The summed E-state index contributed by atoms with van der Waals surface area (Å²) in [5.74, 6) is -1.61. The lowest BCUT2D eigenvalue weighted by atomic mass is 9.94. The molecule has 0 saturated carbocycles.